The van der Waals surface area contributed by atoms with Crippen LogP contribution in [0.15, 0.2) is 42.3 Å². The summed E-state index contributed by atoms with van der Waals surface area (Å²) >= 11 is 0. The number of hydrogen-bond donors (Lipinski definition) is 1. The Morgan fingerprint density at radius 3 is 2.75 bits per heavy atom. The molecule has 0 atom stereocenters. The molecule has 0 aliphatic carbocycles. The highest BCUT2D eigenvalue weighted by atomic mass is 15.2. The summed E-state index contributed by atoms with van der Waals surface area (Å²) in [6, 6.07) is 3.92. The van der Waals surface area contributed by atoms with Crippen LogP contribution in [0, 0.1) is 0 Å². The molecule has 86 valence electrons. The van der Waals surface area contributed by atoms with Crippen molar-refractivity contribution in [1.82, 2.24) is 4.98 Å². The van der Waals surface area contributed by atoms with Crippen molar-refractivity contribution < 1.29 is 0 Å². The van der Waals surface area contributed by atoms with Crippen LogP contribution >= 0.6 is 0 Å². The van der Waals surface area contributed by atoms with Gasteiger partial charge in [0.05, 0.1) is 5.69 Å². The Hall–Kier alpha value is -1.77. The normalized spacial score (nSPS) is 11.1. The van der Waals surface area contributed by atoms with Crippen molar-refractivity contribution in [3.63, 3.8) is 0 Å². The number of pyridine rings is 1. The van der Waals surface area contributed by atoms with Gasteiger partial charge in [-0.3, -0.25) is 0 Å². The van der Waals surface area contributed by atoms with Crippen molar-refractivity contribution in [3.8, 4) is 0 Å². The third kappa shape index (κ3) is 2.86. The van der Waals surface area contributed by atoms with Gasteiger partial charge in [0.15, 0.2) is 5.82 Å². The van der Waals surface area contributed by atoms with Gasteiger partial charge in [0.1, 0.15) is 0 Å². The van der Waals surface area contributed by atoms with E-state index in [1.807, 2.05) is 51.1 Å². The smallest absolute Gasteiger partial charge is 0.155 e. The van der Waals surface area contributed by atoms with Gasteiger partial charge >= 0.3 is 0 Å². The minimum absolute atomic E-state index is 0.917. The van der Waals surface area contributed by atoms with E-state index in [0.717, 1.165) is 22.8 Å². The summed E-state index contributed by atoms with van der Waals surface area (Å²) in [6.07, 6.45) is 3.83. The molecule has 0 aliphatic heterocycles. The molecule has 1 aromatic rings. The molecule has 0 radical (unpaired) electrons. The van der Waals surface area contributed by atoms with E-state index in [1.165, 1.54) is 0 Å². The van der Waals surface area contributed by atoms with Crippen molar-refractivity contribution in [2.45, 2.75) is 13.8 Å². The maximum absolute atomic E-state index is 4.37. The molecular weight excluding hydrogens is 198 g/mol. The molecule has 0 aromatic carbocycles. The molecule has 0 fully saturated rings. The first-order valence-electron chi connectivity index (χ1n) is 5.26. The molecule has 0 saturated heterocycles. The number of hydrogen-bond acceptors (Lipinski definition) is 3. The van der Waals surface area contributed by atoms with Gasteiger partial charge in [0.25, 0.3) is 0 Å². The third-order valence-corrected chi connectivity index (χ3v) is 2.36. The van der Waals surface area contributed by atoms with Gasteiger partial charge in [-0.1, -0.05) is 12.2 Å². The molecule has 1 rings (SSSR count). The molecule has 0 bridgehead atoms. The van der Waals surface area contributed by atoms with Crippen molar-refractivity contribution in [1.29, 1.82) is 0 Å². The van der Waals surface area contributed by atoms with Gasteiger partial charge in [-0.15, -0.1) is 0 Å². The van der Waals surface area contributed by atoms with E-state index in [-0.39, 0.29) is 0 Å². The lowest BCUT2D eigenvalue weighted by molar-refractivity contribution is 1.04. The molecule has 16 heavy (non-hydrogen) atoms. The van der Waals surface area contributed by atoms with Crippen LogP contribution in [0.4, 0.5) is 11.5 Å². The zero-order chi connectivity index (χ0) is 12.1. The Balaban J connectivity index is 3.04. The van der Waals surface area contributed by atoms with Crippen LogP contribution in [-0.2, 0) is 0 Å². The second-order valence-electron chi connectivity index (χ2n) is 3.82. The molecule has 0 amide bonds. The monoisotopic (exact) mass is 217 g/mol. The number of allylic oxidation sites excluding steroid dienone is 3. The average Bonchev–Trinajstić information content (AvgIpc) is 2.27. The lowest BCUT2D eigenvalue weighted by Crippen LogP contribution is -2.17. The predicted octanol–water partition coefficient (Wildman–Crippen LogP) is 3.04. The van der Waals surface area contributed by atoms with Crippen molar-refractivity contribution >= 4 is 11.5 Å². The summed E-state index contributed by atoms with van der Waals surface area (Å²) < 4.78 is 0. The lowest BCUT2D eigenvalue weighted by Gasteiger charge is -2.21. The van der Waals surface area contributed by atoms with Gasteiger partial charge in [0.2, 0.25) is 0 Å². The fraction of sp³-hybridized carbons (Fsp3) is 0.308. The first-order chi connectivity index (χ1) is 7.56. The van der Waals surface area contributed by atoms with Crippen molar-refractivity contribution in [2.75, 3.05) is 24.3 Å². The summed E-state index contributed by atoms with van der Waals surface area (Å²) in [6.45, 7) is 7.90. The average molecular weight is 217 g/mol. The van der Waals surface area contributed by atoms with Gasteiger partial charge in [-0.2, -0.15) is 0 Å². The van der Waals surface area contributed by atoms with Gasteiger partial charge in [-0.25, -0.2) is 4.98 Å². The highest BCUT2D eigenvalue weighted by Gasteiger charge is 2.08. The molecule has 1 aromatic heterocycles. The third-order valence-electron chi connectivity index (χ3n) is 2.36. The second kappa shape index (κ2) is 5.35. The Bertz CT molecular complexity index is 407. The van der Waals surface area contributed by atoms with Crippen LogP contribution in [0.5, 0.6) is 0 Å². The van der Waals surface area contributed by atoms with Crippen LogP contribution < -0.4 is 10.2 Å². The number of nitrogens with zero attached hydrogens (tertiary/aromatic N) is 2. The first kappa shape index (κ1) is 12.3. The molecule has 3 nitrogen and oxygen atoms in total. The molecule has 1 N–H and O–H groups in total. The highest BCUT2D eigenvalue weighted by molar-refractivity contribution is 5.67. The fourth-order valence-electron chi connectivity index (χ4n) is 1.48. The largest absolute Gasteiger partial charge is 0.385 e. The van der Waals surface area contributed by atoms with Crippen LogP contribution in [0.1, 0.15) is 13.8 Å². The minimum Gasteiger partial charge on any atom is -0.385 e. The van der Waals surface area contributed by atoms with E-state index in [4.69, 9.17) is 0 Å². The van der Waals surface area contributed by atoms with E-state index in [2.05, 4.69) is 16.9 Å². The zero-order valence-corrected chi connectivity index (χ0v) is 10.4. The predicted molar refractivity (Wildman–Crippen MR) is 70.8 cm³/mol. The van der Waals surface area contributed by atoms with Crippen molar-refractivity contribution in [2.24, 2.45) is 0 Å². The Morgan fingerprint density at radius 2 is 2.19 bits per heavy atom. The summed E-state index contributed by atoms with van der Waals surface area (Å²) in [4.78, 5) is 6.41. The molecular formula is C13H19N3. The maximum Gasteiger partial charge on any atom is 0.155 e. The van der Waals surface area contributed by atoms with Crippen LogP contribution in [0.25, 0.3) is 0 Å². The molecule has 3 heteroatoms. The topological polar surface area (TPSA) is 28.2 Å². The van der Waals surface area contributed by atoms with E-state index < -0.39 is 0 Å². The Kier molecular flexibility index (Phi) is 4.11. The Labute approximate surface area is 97.5 Å². The number of rotatable bonds is 4. The zero-order valence-electron chi connectivity index (χ0n) is 10.4. The minimum atomic E-state index is 0.917. The van der Waals surface area contributed by atoms with Crippen molar-refractivity contribution in [3.05, 3.63) is 42.3 Å². The number of anilines is 2. The van der Waals surface area contributed by atoms with E-state index in [1.54, 1.807) is 6.20 Å². The highest BCUT2D eigenvalue weighted by Crippen LogP contribution is 2.23. The summed E-state index contributed by atoms with van der Waals surface area (Å²) in [5.74, 6) is 0.917. The second-order valence-corrected chi connectivity index (χ2v) is 3.82. The molecule has 0 unspecified atom stereocenters. The number of aromatic nitrogens is 1. The van der Waals surface area contributed by atoms with Crippen LogP contribution in [-0.4, -0.2) is 19.1 Å². The summed E-state index contributed by atoms with van der Waals surface area (Å²) in [7, 11) is 3.89. The van der Waals surface area contributed by atoms with Crippen LogP contribution in [0.3, 0.4) is 0 Å². The first-order valence-corrected chi connectivity index (χ1v) is 5.26. The van der Waals surface area contributed by atoms with E-state index in [9.17, 15) is 0 Å². The van der Waals surface area contributed by atoms with E-state index >= 15 is 0 Å². The van der Waals surface area contributed by atoms with Gasteiger partial charge in [-0.05, 0) is 32.1 Å². The van der Waals surface area contributed by atoms with Crippen LogP contribution in [0.2, 0.25) is 0 Å². The molecule has 0 spiro atoms. The molecule has 0 saturated carbocycles. The van der Waals surface area contributed by atoms with E-state index in [0.29, 0.717) is 0 Å². The fourth-order valence-corrected chi connectivity index (χ4v) is 1.48. The quantitative estimate of drug-likeness (QED) is 0.786. The summed E-state index contributed by atoms with van der Waals surface area (Å²) in [5, 5.41) is 3.13. The van der Waals surface area contributed by atoms with Gasteiger partial charge in [0, 0.05) is 26.0 Å². The summed E-state index contributed by atoms with van der Waals surface area (Å²) in [5.41, 5.74) is 3.16. The molecule has 1 heterocycles. The number of nitrogens with one attached hydrogen (secondary N) is 1. The van der Waals surface area contributed by atoms with Gasteiger partial charge < -0.3 is 10.2 Å². The lowest BCUT2D eigenvalue weighted by atomic mass is 10.2. The molecule has 0 aliphatic rings. The standard InChI is InChI=1S/C13H19N3/c1-10(2)9-11(3)16(5)13-12(14-4)7-6-8-15-13/h6-9,14H,1H2,2-5H3/b11-9-. The Morgan fingerprint density at radius 1 is 1.50 bits per heavy atom. The SMILES string of the molecule is C=C(C)/C=C(/C)N(C)c1ncccc1NC. The maximum atomic E-state index is 4.37.